The zero-order chi connectivity index (χ0) is 32.3. The van der Waals surface area contributed by atoms with Gasteiger partial charge in [0.15, 0.2) is 11.5 Å². The molecule has 0 saturated heterocycles. The lowest BCUT2D eigenvalue weighted by molar-refractivity contribution is -0.851. The van der Waals surface area contributed by atoms with Crippen molar-refractivity contribution in [3.05, 3.63) is 82.7 Å². The van der Waals surface area contributed by atoms with Crippen LogP contribution in [0.5, 0.6) is 11.5 Å². The highest BCUT2D eigenvalue weighted by atomic mass is 16.5. The van der Waals surface area contributed by atoms with Crippen molar-refractivity contribution >= 4 is 11.5 Å². The Balaban J connectivity index is 1.32. The zero-order valence-corrected chi connectivity index (χ0v) is 26.8. The number of nitrogens with zero attached hydrogens (tertiary/aromatic N) is 1. The fourth-order valence-electron chi connectivity index (χ4n) is 6.16. The fourth-order valence-corrected chi connectivity index (χ4v) is 6.16. The second-order valence-corrected chi connectivity index (χ2v) is 12.5. The highest BCUT2D eigenvalue weighted by Gasteiger charge is 2.31. The number of aliphatic hydroxyl groups is 2. The number of aromatic hydroxyl groups is 1. The summed E-state index contributed by atoms with van der Waals surface area (Å²) in [5, 5.41) is 31.6. The molecule has 8 N–H and O–H groups in total. The Morgan fingerprint density at radius 1 is 1.04 bits per heavy atom. The first-order chi connectivity index (χ1) is 21.7. The van der Waals surface area contributed by atoms with Crippen molar-refractivity contribution in [3.63, 3.8) is 0 Å². The molecule has 9 heteroatoms. The molecule has 0 spiro atoms. The number of phenols is 1. The molecular weight excluding hydrogens is 568 g/mol. The molecular formula is C36H51N4O5+. The Hall–Kier alpha value is -3.34. The summed E-state index contributed by atoms with van der Waals surface area (Å²) in [5.41, 5.74) is 17.9. The van der Waals surface area contributed by atoms with Gasteiger partial charge in [-0.25, -0.2) is 0 Å². The van der Waals surface area contributed by atoms with Crippen LogP contribution in [-0.4, -0.2) is 52.3 Å². The van der Waals surface area contributed by atoms with E-state index in [0.29, 0.717) is 38.3 Å². The zero-order valence-electron chi connectivity index (χ0n) is 26.8. The Morgan fingerprint density at radius 2 is 1.87 bits per heavy atom. The average Bonchev–Trinajstić information content (AvgIpc) is 3.59. The average molecular weight is 620 g/mol. The molecule has 9 nitrogen and oxygen atoms in total. The molecule has 4 atom stereocenters. The Labute approximate surface area is 267 Å². The minimum Gasteiger partial charge on any atom is -0.504 e. The molecule has 2 aromatic rings. The maximum atomic E-state index is 13.3. The van der Waals surface area contributed by atoms with Crippen LogP contribution in [0.2, 0.25) is 0 Å². The molecule has 2 aromatic carbocycles. The molecule has 2 heterocycles. The lowest BCUT2D eigenvalue weighted by Gasteiger charge is -2.24. The van der Waals surface area contributed by atoms with Gasteiger partial charge >= 0.3 is 0 Å². The Morgan fingerprint density at radius 3 is 2.62 bits per heavy atom. The van der Waals surface area contributed by atoms with Gasteiger partial charge in [0, 0.05) is 18.5 Å². The van der Waals surface area contributed by atoms with E-state index < -0.39 is 24.3 Å². The van der Waals surface area contributed by atoms with Crippen LogP contribution in [0.4, 0.5) is 0 Å². The summed E-state index contributed by atoms with van der Waals surface area (Å²) >= 11 is 0. The van der Waals surface area contributed by atoms with Gasteiger partial charge in [-0.3, -0.25) is 14.7 Å². The Bertz CT molecular complexity index is 1390. The molecule has 0 fully saturated rings. The number of aliphatic hydroxyl groups excluding tert-OH is 2. The number of phenolic OH excluding ortho intramolecular Hbond substituents is 1. The third-order valence-corrected chi connectivity index (χ3v) is 8.74. The molecule has 0 aliphatic carbocycles. The molecule has 2 aliphatic heterocycles. The number of aryl methyl sites for hydroxylation is 1. The monoisotopic (exact) mass is 619 g/mol. The number of nitrogens with one attached hydrogen (secondary N) is 1. The summed E-state index contributed by atoms with van der Waals surface area (Å²) in [4.78, 5) is 19.0. The van der Waals surface area contributed by atoms with Crippen molar-refractivity contribution in [1.29, 1.82) is 0 Å². The van der Waals surface area contributed by atoms with Gasteiger partial charge in [0.05, 0.1) is 23.9 Å². The minimum absolute atomic E-state index is 0.0137. The number of ether oxygens (including phenoxy) is 1. The van der Waals surface area contributed by atoms with E-state index in [0.717, 1.165) is 70.6 Å². The fraction of sp³-hybridized carbons (Fsp3) is 0.500. The van der Waals surface area contributed by atoms with Crippen LogP contribution in [0.1, 0.15) is 88.1 Å². The van der Waals surface area contributed by atoms with Crippen molar-refractivity contribution < 1.29 is 29.8 Å². The second-order valence-electron chi connectivity index (χ2n) is 12.5. The van der Waals surface area contributed by atoms with Crippen LogP contribution in [0.3, 0.4) is 0 Å². The summed E-state index contributed by atoms with van der Waals surface area (Å²) in [6.45, 7) is 5.11. The first kappa shape index (κ1) is 34.5. The topological polar surface area (TPSA) is 156 Å². The molecule has 45 heavy (non-hydrogen) atoms. The summed E-state index contributed by atoms with van der Waals surface area (Å²) in [6, 6.07) is 13.2. The van der Waals surface area contributed by atoms with Gasteiger partial charge < -0.3 is 31.5 Å². The molecule has 0 radical (unpaired) electrons. The summed E-state index contributed by atoms with van der Waals surface area (Å²) in [7, 11) is 0. The van der Waals surface area contributed by atoms with Crippen molar-refractivity contribution in [3.8, 4) is 11.5 Å². The normalized spacial score (nSPS) is 17.8. The number of benzene rings is 2. The molecule has 0 saturated carbocycles. The van der Waals surface area contributed by atoms with E-state index in [1.54, 1.807) is 18.2 Å². The predicted octanol–water partition coefficient (Wildman–Crippen LogP) is 3.62. The summed E-state index contributed by atoms with van der Waals surface area (Å²) in [6.07, 6.45) is 8.78. The van der Waals surface area contributed by atoms with Crippen LogP contribution < -0.4 is 21.1 Å². The summed E-state index contributed by atoms with van der Waals surface area (Å²) in [5.74, 6) is -0.0473. The number of quaternary nitrogens is 1. The quantitative estimate of drug-likeness (QED) is 0.104. The van der Waals surface area contributed by atoms with Crippen LogP contribution in [0, 0.1) is 5.92 Å². The van der Waals surface area contributed by atoms with Gasteiger partial charge in [0.25, 0.3) is 0 Å². The van der Waals surface area contributed by atoms with E-state index in [1.165, 1.54) is 0 Å². The van der Waals surface area contributed by atoms with Gasteiger partial charge in [0.2, 0.25) is 6.73 Å². The minimum atomic E-state index is -0.846. The molecule has 0 bridgehead atoms. The molecule has 0 amide bonds. The lowest BCUT2D eigenvalue weighted by atomic mass is 9.85. The van der Waals surface area contributed by atoms with E-state index in [-0.39, 0.29) is 24.4 Å². The van der Waals surface area contributed by atoms with E-state index in [1.807, 2.05) is 31.3 Å². The predicted molar refractivity (Wildman–Crippen MR) is 177 cm³/mol. The van der Waals surface area contributed by atoms with Crippen molar-refractivity contribution in [2.75, 3.05) is 13.3 Å². The van der Waals surface area contributed by atoms with E-state index in [4.69, 9.17) is 16.2 Å². The van der Waals surface area contributed by atoms with E-state index in [9.17, 15) is 20.1 Å². The molecule has 4 rings (SSSR count). The maximum Gasteiger partial charge on any atom is 0.227 e. The number of aliphatic imine (C=N–C) groups is 1. The molecule has 244 valence electrons. The van der Waals surface area contributed by atoms with Crippen molar-refractivity contribution in [2.24, 2.45) is 22.4 Å². The van der Waals surface area contributed by atoms with Crippen molar-refractivity contribution in [1.82, 2.24) is 0 Å². The number of unbranched alkanes of at least 4 members (excludes halogenated alkanes) is 2. The molecule has 0 aromatic heterocycles. The van der Waals surface area contributed by atoms with Crippen molar-refractivity contribution in [2.45, 2.75) is 96.4 Å². The van der Waals surface area contributed by atoms with Gasteiger partial charge in [-0.2, -0.15) is 0 Å². The van der Waals surface area contributed by atoms with Gasteiger partial charge in [-0.15, -0.1) is 0 Å². The Kier molecular flexibility index (Phi) is 12.9. The smallest absolute Gasteiger partial charge is 0.227 e. The standard InChI is InChI=1S/C36H50N4O5/c1-3-5-6-11-29(34(44)19-28(41)8-4-2)32(42)14-12-24-13-15-33(43)35(18-24)45-23-40-21-30-27(20-39-31(30)22-40)17-25-9-7-10-26(16-25)36(37)38/h7,9-10,13,15-16,18,20-21,28-29,34,36,41,43-44H,3-6,8,11-12,14,17,19,22-23,37-38H2,1-2H3/p+1. The number of ketones is 1. The highest BCUT2D eigenvalue weighted by Crippen LogP contribution is 2.29. The summed E-state index contributed by atoms with van der Waals surface area (Å²) < 4.78 is 6.06. The van der Waals surface area contributed by atoms with E-state index >= 15 is 0 Å². The molecule has 2 aliphatic rings. The van der Waals surface area contributed by atoms with Crippen LogP contribution in [-0.2, 0) is 17.6 Å². The third kappa shape index (κ3) is 9.82. The van der Waals surface area contributed by atoms with Gasteiger partial charge in [-0.1, -0.05) is 69.9 Å². The first-order valence-corrected chi connectivity index (χ1v) is 16.4. The first-order valence-electron chi connectivity index (χ1n) is 16.4. The number of nitrogens with two attached hydrogens (primary N) is 2. The SMILES string of the molecule is CCCCCC(C(=O)CCc1ccc(O)c(OC[NH+]2C=C3C(Cc4cccc(C(N)N)c4)=CN=C3C2)c1)C(O)CC(O)CCC. The largest absolute Gasteiger partial charge is 0.504 e. The highest BCUT2D eigenvalue weighted by molar-refractivity contribution is 6.08. The number of rotatable bonds is 19. The maximum absolute atomic E-state index is 13.3. The number of carbonyl (C=O) groups is 1. The number of hydrogen-bond donors (Lipinski definition) is 6. The molecule has 4 unspecified atom stereocenters. The van der Waals surface area contributed by atoms with Gasteiger partial charge in [-0.05, 0) is 66.5 Å². The number of hydrogen-bond acceptors (Lipinski definition) is 8. The second kappa shape index (κ2) is 16.8. The van der Waals surface area contributed by atoms with Crippen LogP contribution in [0.25, 0.3) is 0 Å². The third-order valence-electron chi connectivity index (χ3n) is 8.74. The number of Topliss-reactive ketones (excluding diaryl/α,β-unsaturated/α-hetero) is 1. The van der Waals surface area contributed by atoms with Crippen LogP contribution >= 0.6 is 0 Å². The lowest BCUT2D eigenvalue weighted by Crippen LogP contribution is -3.07. The number of allylic oxidation sites excluding steroid dienone is 1. The van der Waals surface area contributed by atoms with E-state index in [2.05, 4.69) is 24.2 Å². The van der Waals surface area contributed by atoms with Gasteiger partial charge in [0.1, 0.15) is 24.2 Å². The van der Waals surface area contributed by atoms with Crippen LogP contribution in [0.15, 0.2) is 71.0 Å². The number of fused-ring (bicyclic) bond motifs is 1. The number of carbonyl (C=O) groups excluding carboxylic acids is 1.